The largest absolute Gasteiger partial charge is 0.497 e. The maximum Gasteiger partial charge on any atom is 0.226 e. The second-order valence-electron chi connectivity index (χ2n) is 6.66. The predicted molar refractivity (Wildman–Crippen MR) is 116 cm³/mol. The molecule has 0 aliphatic heterocycles. The van der Waals surface area contributed by atoms with Crippen LogP contribution in [0.15, 0.2) is 36.4 Å². The van der Waals surface area contributed by atoms with Crippen LogP contribution in [0.2, 0.25) is 0 Å². The van der Waals surface area contributed by atoms with Crippen molar-refractivity contribution >= 4 is 23.2 Å². The van der Waals surface area contributed by atoms with E-state index in [0.717, 1.165) is 29.7 Å². The Morgan fingerprint density at radius 2 is 1.66 bits per heavy atom. The first kappa shape index (κ1) is 22.3. The molecule has 2 aromatic carbocycles. The molecule has 6 heteroatoms. The molecule has 0 fully saturated rings. The van der Waals surface area contributed by atoms with Gasteiger partial charge in [0.15, 0.2) is 0 Å². The van der Waals surface area contributed by atoms with Crippen molar-refractivity contribution in [1.29, 1.82) is 0 Å². The van der Waals surface area contributed by atoms with E-state index in [1.54, 1.807) is 30.2 Å². The standard InChI is InChI=1S/C23H30N2O4/c1-6-17-9-8-10-18(7-2)23(17)24-22(27)13-14-25(16(3)26)20-12-11-19(28-4)15-21(20)29-5/h8-12,15H,6-7,13-14H2,1-5H3,(H,24,27). The Morgan fingerprint density at radius 3 is 2.17 bits per heavy atom. The van der Waals surface area contributed by atoms with Crippen LogP contribution in [0.1, 0.15) is 38.3 Å². The molecule has 0 heterocycles. The second kappa shape index (κ2) is 10.5. The molecule has 2 aromatic rings. The van der Waals surface area contributed by atoms with Crippen molar-refractivity contribution < 1.29 is 19.1 Å². The molecule has 0 bridgehead atoms. The molecule has 0 aliphatic carbocycles. The Bertz CT molecular complexity index is 842. The van der Waals surface area contributed by atoms with Crippen LogP contribution in [0, 0.1) is 0 Å². The van der Waals surface area contributed by atoms with E-state index in [-0.39, 0.29) is 24.8 Å². The van der Waals surface area contributed by atoms with E-state index in [9.17, 15) is 9.59 Å². The minimum absolute atomic E-state index is 0.126. The van der Waals surface area contributed by atoms with Gasteiger partial charge in [-0.1, -0.05) is 32.0 Å². The fraction of sp³-hybridized carbons (Fsp3) is 0.391. The lowest BCUT2D eigenvalue weighted by molar-refractivity contribution is -0.117. The van der Waals surface area contributed by atoms with Crippen LogP contribution in [-0.4, -0.2) is 32.6 Å². The fourth-order valence-electron chi connectivity index (χ4n) is 3.27. The third-order valence-electron chi connectivity index (χ3n) is 4.88. The van der Waals surface area contributed by atoms with Gasteiger partial charge in [-0.3, -0.25) is 9.59 Å². The molecule has 2 amide bonds. The Balaban J connectivity index is 2.16. The second-order valence-corrected chi connectivity index (χ2v) is 6.66. The summed E-state index contributed by atoms with van der Waals surface area (Å²) >= 11 is 0. The third kappa shape index (κ3) is 5.50. The van der Waals surface area contributed by atoms with Crippen LogP contribution in [-0.2, 0) is 22.4 Å². The molecular weight excluding hydrogens is 368 g/mol. The third-order valence-corrected chi connectivity index (χ3v) is 4.88. The number of nitrogens with zero attached hydrogens (tertiary/aromatic N) is 1. The van der Waals surface area contributed by atoms with Gasteiger partial charge in [-0.05, 0) is 36.1 Å². The van der Waals surface area contributed by atoms with Crippen molar-refractivity contribution in [2.45, 2.75) is 40.0 Å². The lowest BCUT2D eigenvalue weighted by atomic mass is 10.0. The topological polar surface area (TPSA) is 67.9 Å². The summed E-state index contributed by atoms with van der Waals surface area (Å²) in [6.07, 6.45) is 1.86. The van der Waals surface area contributed by atoms with E-state index in [1.165, 1.54) is 14.0 Å². The maximum atomic E-state index is 12.7. The van der Waals surface area contributed by atoms with Gasteiger partial charge >= 0.3 is 0 Å². The smallest absolute Gasteiger partial charge is 0.226 e. The van der Waals surface area contributed by atoms with Crippen LogP contribution >= 0.6 is 0 Å². The number of aryl methyl sites for hydroxylation is 2. The molecule has 1 N–H and O–H groups in total. The summed E-state index contributed by atoms with van der Waals surface area (Å²) in [5, 5.41) is 3.05. The van der Waals surface area contributed by atoms with Gasteiger partial charge in [-0.15, -0.1) is 0 Å². The molecule has 0 aromatic heterocycles. The number of ether oxygens (including phenoxy) is 2. The molecular formula is C23H30N2O4. The number of anilines is 2. The van der Waals surface area contributed by atoms with Crippen molar-refractivity contribution in [3.63, 3.8) is 0 Å². The van der Waals surface area contributed by atoms with Gasteiger partial charge in [0.1, 0.15) is 11.5 Å². The molecule has 0 unspecified atom stereocenters. The fourth-order valence-corrected chi connectivity index (χ4v) is 3.27. The molecule has 156 valence electrons. The van der Waals surface area contributed by atoms with Crippen LogP contribution in [0.4, 0.5) is 11.4 Å². The van der Waals surface area contributed by atoms with E-state index >= 15 is 0 Å². The molecule has 6 nitrogen and oxygen atoms in total. The van der Waals surface area contributed by atoms with Crippen molar-refractivity contribution in [2.75, 3.05) is 31.0 Å². The number of amides is 2. The van der Waals surface area contributed by atoms with E-state index in [1.807, 2.05) is 18.2 Å². The SMILES string of the molecule is CCc1cccc(CC)c1NC(=O)CCN(C(C)=O)c1ccc(OC)cc1OC. The monoisotopic (exact) mass is 398 g/mol. The van der Waals surface area contributed by atoms with Crippen LogP contribution < -0.4 is 19.7 Å². The van der Waals surface area contributed by atoms with Crippen molar-refractivity contribution in [3.8, 4) is 11.5 Å². The maximum absolute atomic E-state index is 12.7. The highest BCUT2D eigenvalue weighted by Crippen LogP contribution is 2.32. The minimum Gasteiger partial charge on any atom is -0.497 e. The van der Waals surface area contributed by atoms with Gasteiger partial charge in [0.2, 0.25) is 11.8 Å². The molecule has 0 spiro atoms. The van der Waals surface area contributed by atoms with E-state index < -0.39 is 0 Å². The van der Waals surface area contributed by atoms with Gasteiger partial charge in [-0.2, -0.15) is 0 Å². The van der Waals surface area contributed by atoms with Gasteiger partial charge in [0.05, 0.1) is 19.9 Å². The quantitative estimate of drug-likeness (QED) is 0.687. The molecule has 0 radical (unpaired) electrons. The summed E-state index contributed by atoms with van der Waals surface area (Å²) in [6, 6.07) is 11.3. The van der Waals surface area contributed by atoms with Gasteiger partial charge in [0.25, 0.3) is 0 Å². The average molecular weight is 399 g/mol. The highest BCUT2D eigenvalue weighted by molar-refractivity contribution is 5.96. The molecule has 0 saturated carbocycles. The van der Waals surface area contributed by atoms with E-state index in [0.29, 0.717) is 17.2 Å². The molecule has 0 saturated heterocycles. The summed E-state index contributed by atoms with van der Waals surface area (Å²) in [5.74, 6) is 0.864. The van der Waals surface area contributed by atoms with Gasteiger partial charge in [0, 0.05) is 31.6 Å². The summed E-state index contributed by atoms with van der Waals surface area (Å²) in [4.78, 5) is 26.5. The van der Waals surface area contributed by atoms with Crippen molar-refractivity contribution in [2.24, 2.45) is 0 Å². The Morgan fingerprint density at radius 1 is 1.00 bits per heavy atom. The number of hydrogen-bond donors (Lipinski definition) is 1. The minimum atomic E-state index is -0.163. The Labute approximate surface area is 172 Å². The molecule has 29 heavy (non-hydrogen) atoms. The van der Waals surface area contributed by atoms with E-state index in [4.69, 9.17) is 9.47 Å². The van der Waals surface area contributed by atoms with Crippen LogP contribution in [0.5, 0.6) is 11.5 Å². The first-order valence-electron chi connectivity index (χ1n) is 9.85. The number of benzene rings is 2. The first-order valence-corrected chi connectivity index (χ1v) is 9.85. The number of methoxy groups -OCH3 is 2. The Kier molecular flexibility index (Phi) is 8.07. The lowest BCUT2D eigenvalue weighted by Gasteiger charge is -2.24. The number of carbonyl (C=O) groups is 2. The molecule has 2 rings (SSSR count). The Hall–Kier alpha value is -3.02. The average Bonchev–Trinajstić information content (AvgIpc) is 2.73. The predicted octanol–water partition coefficient (Wildman–Crippen LogP) is 4.21. The summed E-state index contributed by atoms with van der Waals surface area (Å²) in [5.41, 5.74) is 3.71. The zero-order valence-electron chi connectivity index (χ0n) is 17.9. The number of para-hydroxylation sites is 1. The number of rotatable bonds is 9. The zero-order chi connectivity index (χ0) is 21.4. The van der Waals surface area contributed by atoms with E-state index in [2.05, 4.69) is 19.2 Å². The number of hydrogen-bond acceptors (Lipinski definition) is 4. The highest BCUT2D eigenvalue weighted by Gasteiger charge is 2.19. The number of carbonyl (C=O) groups excluding carboxylic acids is 2. The van der Waals surface area contributed by atoms with Gasteiger partial charge < -0.3 is 19.7 Å². The van der Waals surface area contributed by atoms with Gasteiger partial charge in [-0.25, -0.2) is 0 Å². The summed E-state index contributed by atoms with van der Waals surface area (Å²) < 4.78 is 10.6. The summed E-state index contributed by atoms with van der Waals surface area (Å²) in [6.45, 7) is 5.86. The molecule has 0 aliphatic rings. The highest BCUT2D eigenvalue weighted by atomic mass is 16.5. The normalized spacial score (nSPS) is 10.4. The van der Waals surface area contributed by atoms with Crippen molar-refractivity contribution in [1.82, 2.24) is 0 Å². The summed E-state index contributed by atoms with van der Waals surface area (Å²) in [7, 11) is 3.11. The molecule has 0 atom stereocenters. The first-order chi connectivity index (χ1) is 13.9. The lowest BCUT2D eigenvalue weighted by Crippen LogP contribution is -2.32. The van der Waals surface area contributed by atoms with Crippen LogP contribution in [0.25, 0.3) is 0 Å². The number of nitrogens with one attached hydrogen (secondary N) is 1. The van der Waals surface area contributed by atoms with Crippen molar-refractivity contribution in [3.05, 3.63) is 47.5 Å². The van der Waals surface area contributed by atoms with Crippen LogP contribution in [0.3, 0.4) is 0 Å². The zero-order valence-corrected chi connectivity index (χ0v) is 17.9.